The van der Waals surface area contributed by atoms with Gasteiger partial charge in [-0.05, 0) is 26.8 Å². The van der Waals surface area contributed by atoms with Crippen LogP contribution in [0.2, 0.25) is 0 Å². The van der Waals surface area contributed by atoms with Crippen LogP contribution in [-0.2, 0) is 22.3 Å². The van der Waals surface area contributed by atoms with Crippen molar-refractivity contribution in [2.24, 2.45) is 0 Å². The van der Waals surface area contributed by atoms with Crippen LogP contribution in [0.15, 0.2) is 23.4 Å². The van der Waals surface area contributed by atoms with Gasteiger partial charge in [0.15, 0.2) is 0 Å². The van der Waals surface area contributed by atoms with Gasteiger partial charge in [-0.15, -0.1) is 4.72 Å². The summed E-state index contributed by atoms with van der Waals surface area (Å²) in [6.45, 7) is 4.85. The Morgan fingerprint density at radius 2 is 1.95 bits per heavy atom. The van der Waals surface area contributed by atoms with Crippen molar-refractivity contribution in [2.75, 3.05) is 0 Å². The Morgan fingerprint density at radius 3 is 2.35 bits per heavy atom. The number of aromatic nitrogens is 1. The molecule has 0 spiro atoms. The molecule has 0 fully saturated rings. The maximum Gasteiger partial charge on any atom is 0.449 e. The third-order valence-electron chi connectivity index (χ3n) is 1.83. The first kappa shape index (κ1) is 16.6. The zero-order chi connectivity index (χ0) is 15.6. The fraction of sp³-hybridized carbons (Fsp3) is 0.455. The second kappa shape index (κ2) is 5.88. The fourth-order valence-electron chi connectivity index (χ4n) is 1.08. The zero-order valence-electron chi connectivity index (χ0n) is 10.9. The molecule has 0 saturated carbocycles. The molecule has 1 amide bonds. The Bertz CT molecular complexity index is 471. The van der Waals surface area contributed by atoms with Crippen molar-refractivity contribution in [3.63, 3.8) is 0 Å². The van der Waals surface area contributed by atoms with Crippen LogP contribution >= 0.6 is 0 Å². The molecule has 0 aromatic carbocycles. The average molecular weight is 310 g/mol. The largest absolute Gasteiger partial charge is 0.586 e. The molecule has 1 aromatic rings. The standard InChI is InChI=1S/C11H13F3N2O3S/c1-10(2,3)19-9(17)16-20(18)8-5-4-7(6-15-8)11(12,13)14/h4-6H,1-3H3,(H,16,17). The Hall–Kier alpha value is -1.48. The normalized spacial score (nSPS) is 13.8. The van der Waals surface area contributed by atoms with Gasteiger partial charge in [-0.1, -0.05) is 0 Å². The SMILES string of the molecule is CC(C)(C)OC(=O)N[S+]([O-])c1ccc(C(F)(F)F)cn1. The number of rotatable bonds is 2. The van der Waals surface area contributed by atoms with Crippen LogP contribution in [0, 0.1) is 0 Å². The Morgan fingerprint density at radius 1 is 1.35 bits per heavy atom. The molecule has 1 unspecified atom stereocenters. The Balaban J connectivity index is 2.69. The summed E-state index contributed by atoms with van der Waals surface area (Å²) in [7, 11) is 0. The summed E-state index contributed by atoms with van der Waals surface area (Å²) in [5.41, 5.74) is -1.74. The molecule has 0 aliphatic heterocycles. The van der Waals surface area contributed by atoms with Crippen LogP contribution in [0.5, 0.6) is 0 Å². The van der Waals surface area contributed by atoms with E-state index in [2.05, 4.69) is 4.98 Å². The minimum Gasteiger partial charge on any atom is -0.586 e. The van der Waals surface area contributed by atoms with Crippen molar-refractivity contribution in [1.82, 2.24) is 9.71 Å². The number of nitrogens with zero attached hydrogens (tertiary/aromatic N) is 1. The fourth-order valence-corrected chi connectivity index (χ4v) is 1.72. The summed E-state index contributed by atoms with van der Waals surface area (Å²) in [6.07, 6.45) is -4.92. The third-order valence-corrected chi connectivity index (χ3v) is 2.80. The van der Waals surface area contributed by atoms with Crippen molar-refractivity contribution in [2.45, 2.75) is 37.6 Å². The summed E-state index contributed by atoms with van der Waals surface area (Å²) in [5.74, 6) is 0. The van der Waals surface area contributed by atoms with Crippen LogP contribution in [-0.4, -0.2) is 21.2 Å². The highest BCUT2D eigenvalue weighted by Crippen LogP contribution is 2.28. The van der Waals surface area contributed by atoms with Crippen molar-refractivity contribution >= 4 is 17.5 Å². The van der Waals surface area contributed by atoms with Crippen molar-refractivity contribution in [3.05, 3.63) is 23.9 Å². The second-order valence-electron chi connectivity index (χ2n) is 4.76. The number of ether oxygens (including phenoxy) is 1. The van der Waals surface area contributed by atoms with Crippen LogP contribution in [0.1, 0.15) is 26.3 Å². The van der Waals surface area contributed by atoms with Crippen LogP contribution in [0.25, 0.3) is 0 Å². The molecule has 0 aliphatic rings. The first-order chi connectivity index (χ1) is 8.99. The minimum atomic E-state index is -4.52. The van der Waals surface area contributed by atoms with E-state index < -0.39 is 34.8 Å². The van der Waals surface area contributed by atoms with Gasteiger partial charge < -0.3 is 9.29 Å². The van der Waals surface area contributed by atoms with Gasteiger partial charge in [0.05, 0.1) is 5.56 Å². The Kier molecular flexibility index (Phi) is 4.87. The van der Waals surface area contributed by atoms with Gasteiger partial charge in [-0.3, -0.25) is 0 Å². The summed E-state index contributed by atoms with van der Waals surface area (Å²) in [6, 6.07) is 1.66. The van der Waals surface area contributed by atoms with E-state index in [0.29, 0.717) is 6.20 Å². The van der Waals surface area contributed by atoms with E-state index in [-0.39, 0.29) is 5.03 Å². The maximum absolute atomic E-state index is 12.3. The van der Waals surface area contributed by atoms with Gasteiger partial charge in [0.2, 0.25) is 0 Å². The van der Waals surface area contributed by atoms with E-state index in [9.17, 15) is 22.5 Å². The molecule has 0 radical (unpaired) electrons. The number of carbonyl (C=O) groups is 1. The predicted octanol–water partition coefficient (Wildman–Crippen LogP) is 2.65. The van der Waals surface area contributed by atoms with E-state index in [1.165, 1.54) is 0 Å². The van der Waals surface area contributed by atoms with E-state index in [1.54, 1.807) is 20.8 Å². The Labute approximate surface area is 116 Å². The van der Waals surface area contributed by atoms with Crippen molar-refractivity contribution in [3.8, 4) is 0 Å². The molecule has 1 N–H and O–H groups in total. The molecule has 20 heavy (non-hydrogen) atoms. The summed E-state index contributed by atoms with van der Waals surface area (Å²) in [5, 5.41) is -0.205. The van der Waals surface area contributed by atoms with Crippen molar-refractivity contribution < 1.29 is 27.3 Å². The molecule has 1 rings (SSSR count). The number of hydrogen-bond donors (Lipinski definition) is 1. The lowest BCUT2D eigenvalue weighted by atomic mass is 10.2. The first-order valence-corrected chi connectivity index (χ1v) is 6.59. The molecule has 112 valence electrons. The smallest absolute Gasteiger partial charge is 0.449 e. The maximum atomic E-state index is 12.3. The highest BCUT2D eigenvalue weighted by atomic mass is 32.2. The van der Waals surface area contributed by atoms with Gasteiger partial charge in [0.25, 0.3) is 5.03 Å². The zero-order valence-corrected chi connectivity index (χ0v) is 11.8. The summed E-state index contributed by atoms with van der Waals surface area (Å²) < 4.78 is 55.4. The topological polar surface area (TPSA) is 74.3 Å². The lowest BCUT2D eigenvalue weighted by Crippen LogP contribution is -2.36. The molecule has 1 aromatic heterocycles. The number of pyridine rings is 1. The molecule has 1 atom stereocenters. The highest BCUT2D eigenvalue weighted by Gasteiger charge is 2.31. The van der Waals surface area contributed by atoms with Gasteiger partial charge in [0.1, 0.15) is 17.0 Å². The highest BCUT2D eigenvalue weighted by molar-refractivity contribution is 7.90. The number of carbonyl (C=O) groups excluding carboxylic acids is 1. The van der Waals surface area contributed by atoms with E-state index >= 15 is 0 Å². The monoisotopic (exact) mass is 310 g/mol. The number of nitrogens with one attached hydrogen (secondary N) is 1. The van der Waals surface area contributed by atoms with Gasteiger partial charge in [-0.25, -0.2) is 9.78 Å². The molecule has 0 aliphatic carbocycles. The second-order valence-corrected chi connectivity index (χ2v) is 5.92. The van der Waals surface area contributed by atoms with E-state index in [1.807, 2.05) is 4.72 Å². The van der Waals surface area contributed by atoms with E-state index in [0.717, 1.165) is 12.1 Å². The molecular formula is C11H13F3N2O3S. The molecule has 9 heteroatoms. The molecular weight excluding hydrogens is 297 g/mol. The number of halogens is 3. The van der Waals surface area contributed by atoms with Gasteiger partial charge >= 0.3 is 12.3 Å². The van der Waals surface area contributed by atoms with Crippen LogP contribution in [0.4, 0.5) is 18.0 Å². The molecule has 5 nitrogen and oxygen atoms in total. The average Bonchev–Trinajstić information content (AvgIpc) is 2.25. The quantitative estimate of drug-likeness (QED) is 0.852. The molecule has 0 bridgehead atoms. The molecule has 0 saturated heterocycles. The van der Waals surface area contributed by atoms with Gasteiger partial charge in [0, 0.05) is 12.3 Å². The van der Waals surface area contributed by atoms with Crippen molar-refractivity contribution in [1.29, 1.82) is 0 Å². The molecule has 1 heterocycles. The summed E-state index contributed by atoms with van der Waals surface area (Å²) >= 11 is -2.09. The summed E-state index contributed by atoms with van der Waals surface area (Å²) in [4.78, 5) is 14.7. The number of amides is 1. The first-order valence-electron chi connectivity index (χ1n) is 5.44. The van der Waals surface area contributed by atoms with Crippen LogP contribution < -0.4 is 4.72 Å². The predicted molar refractivity (Wildman–Crippen MR) is 65.0 cm³/mol. The van der Waals surface area contributed by atoms with Crippen LogP contribution in [0.3, 0.4) is 0 Å². The minimum absolute atomic E-state index is 0.205. The number of hydrogen-bond acceptors (Lipinski definition) is 4. The lowest BCUT2D eigenvalue weighted by molar-refractivity contribution is -0.137. The van der Waals surface area contributed by atoms with E-state index in [4.69, 9.17) is 4.74 Å². The lowest BCUT2D eigenvalue weighted by Gasteiger charge is -2.19. The third kappa shape index (κ3) is 5.25. The number of alkyl halides is 3. The van der Waals surface area contributed by atoms with Gasteiger partial charge in [-0.2, -0.15) is 13.2 Å².